The first-order valence-electron chi connectivity index (χ1n) is 3.66. The number of carboxylic acid groups (broad SMARTS) is 1. The van der Waals surface area contributed by atoms with Gasteiger partial charge in [-0.3, -0.25) is 0 Å². The van der Waals surface area contributed by atoms with E-state index in [1.165, 1.54) is 5.56 Å². The predicted octanol–water partition coefficient (Wildman–Crippen LogP) is 2.09. The Labute approximate surface area is 90.0 Å². The standard InChI is InChI=1S/C10H10O2.Zn/c1-8-2-4-9(5-3-8)6-7-10(11)12;/h2-7H,1H3,(H,11,12);/b7-6+;. The molecule has 0 heterocycles. The number of aryl methyl sites for hydroxylation is 1. The number of aliphatic carboxylic acids is 1. The van der Waals surface area contributed by atoms with Crippen LogP contribution in [0.3, 0.4) is 0 Å². The molecule has 2 nitrogen and oxygen atoms in total. The quantitative estimate of drug-likeness (QED) is 0.621. The summed E-state index contributed by atoms with van der Waals surface area (Å²) in [4.78, 5) is 10.2. The molecule has 0 amide bonds. The van der Waals surface area contributed by atoms with Crippen LogP contribution in [0, 0.1) is 6.92 Å². The van der Waals surface area contributed by atoms with Crippen LogP contribution < -0.4 is 0 Å². The SMILES string of the molecule is Cc1ccc(/C=C/C(=O)O)cc1.[Zn]. The molecule has 0 radical (unpaired) electrons. The fraction of sp³-hybridized carbons (Fsp3) is 0.100. The van der Waals surface area contributed by atoms with Crippen molar-refractivity contribution in [2.75, 3.05) is 0 Å². The van der Waals surface area contributed by atoms with Gasteiger partial charge in [0.05, 0.1) is 0 Å². The first-order valence-corrected chi connectivity index (χ1v) is 3.66. The van der Waals surface area contributed by atoms with E-state index >= 15 is 0 Å². The number of rotatable bonds is 2. The number of hydrogen-bond acceptors (Lipinski definition) is 1. The first-order chi connectivity index (χ1) is 5.68. The van der Waals surface area contributed by atoms with Gasteiger partial charge in [0.25, 0.3) is 0 Å². The third kappa shape index (κ3) is 4.59. The van der Waals surface area contributed by atoms with Crippen LogP contribution >= 0.6 is 0 Å². The van der Waals surface area contributed by atoms with Crippen molar-refractivity contribution in [3.8, 4) is 0 Å². The van der Waals surface area contributed by atoms with Gasteiger partial charge in [0, 0.05) is 25.6 Å². The maximum atomic E-state index is 10.2. The molecule has 0 aliphatic rings. The molecule has 0 aliphatic carbocycles. The third-order valence-corrected chi connectivity index (χ3v) is 1.50. The summed E-state index contributed by atoms with van der Waals surface area (Å²) < 4.78 is 0. The van der Waals surface area contributed by atoms with Crippen molar-refractivity contribution in [1.29, 1.82) is 0 Å². The molecule has 0 atom stereocenters. The van der Waals surface area contributed by atoms with E-state index in [9.17, 15) is 4.79 Å². The molecule has 0 aromatic heterocycles. The van der Waals surface area contributed by atoms with Crippen LogP contribution in [-0.4, -0.2) is 11.1 Å². The van der Waals surface area contributed by atoms with Crippen molar-refractivity contribution in [3.05, 3.63) is 41.5 Å². The summed E-state index contributed by atoms with van der Waals surface area (Å²) in [6.07, 6.45) is 2.70. The summed E-state index contributed by atoms with van der Waals surface area (Å²) in [5.74, 6) is -0.921. The molecule has 1 aromatic carbocycles. The number of hydrogen-bond donors (Lipinski definition) is 1. The molecule has 1 N–H and O–H groups in total. The molecular weight excluding hydrogens is 217 g/mol. The molecule has 0 aliphatic heterocycles. The molecule has 0 bridgehead atoms. The Kier molecular flexibility index (Phi) is 5.24. The van der Waals surface area contributed by atoms with Gasteiger partial charge in [-0.2, -0.15) is 0 Å². The van der Waals surface area contributed by atoms with Crippen LogP contribution in [0.1, 0.15) is 11.1 Å². The number of benzene rings is 1. The van der Waals surface area contributed by atoms with E-state index in [1.807, 2.05) is 31.2 Å². The van der Waals surface area contributed by atoms with Gasteiger partial charge in [-0.25, -0.2) is 4.79 Å². The van der Waals surface area contributed by atoms with Crippen LogP contribution in [0.2, 0.25) is 0 Å². The van der Waals surface area contributed by atoms with E-state index in [2.05, 4.69) is 0 Å². The minimum Gasteiger partial charge on any atom is -0.478 e. The predicted molar refractivity (Wildman–Crippen MR) is 47.8 cm³/mol. The van der Waals surface area contributed by atoms with Crippen molar-refractivity contribution < 1.29 is 29.4 Å². The largest absolute Gasteiger partial charge is 0.478 e. The average molecular weight is 228 g/mol. The zero-order valence-electron chi connectivity index (χ0n) is 7.53. The second kappa shape index (κ2) is 5.66. The maximum absolute atomic E-state index is 10.2. The van der Waals surface area contributed by atoms with Gasteiger partial charge in [0.2, 0.25) is 0 Å². The Balaban J connectivity index is 0.00000144. The van der Waals surface area contributed by atoms with Crippen LogP contribution in [0.15, 0.2) is 30.3 Å². The molecule has 0 fully saturated rings. The fourth-order valence-corrected chi connectivity index (χ4v) is 0.845. The van der Waals surface area contributed by atoms with Gasteiger partial charge in [-0.1, -0.05) is 29.8 Å². The minimum atomic E-state index is -0.921. The molecule has 0 unspecified atom stereocenters. The number of carbonyl (C=O) groups is 1. The van der Waals surface area contributed by atoms with Gasteiger partial charge in [-0.15, -0.1) is 0 Å². The summed E-state index contributed by atoms with van der Waals surface area (Å²) in [6.45, 7) is 1.99. The summed E-state index contributed by atoms with van der Waals surface area (Å²) in [5.41, 5.74) is 2.07. The first kappa shape index (κ1) is 12.1. The normalized spacial score (nSPS) is 9.62. The zero-order valence-corrected chi connectivity index (χ0v) is 10.5. The molecule has 0 saturated carbocycles. The van der Waals surface area contributed by atoms with E-state index in [0.29, 0.717) is 0 Å². The van der Waals surface area contributed by atoms with Crippen molar-refractivity contribution in [2.45, 2.75) is 6.92 Å². The summed E-state index contributed by atoms with van der Waals surface area (Å²) in [6, 6.07) is 7.66. The van der Waals surface area contributed by atoms with Gasteiger partial charge < -0.3 is 5.11 Å². The Morgan fingerprint density at radius 3 is 2.31 bits per heavy atom. The van der Waals surface area contributed by atoms with E-state index in [0.717, 1.165) is 11.6 Å². The topological polar surface area (TPSA) is 37.3 Å². The van der Waals surface area contributed by atoms with Crippen LogP contribution in [-0.2, 0) is 24.3 Å². The summed E-state index contributed by atoms with van der Waals surface area (Å²) in [7, 11) is 0. The smallest absolute Gasteiger partial charge is 0.328 e. The molecule has 3 heteroatoms. The summed E-state index contributed by atoms with van der Waals surface area (Å²) in [5, 5.41) is 8.34. The monoisotopic (exact) mass is 226 g/mol. The molecule has 0 spiro atoms. The molecule has 13 heavy (non-hydrogen) atoms. The Hall–Kier alpha value is -0.947. The zero-order chi connectivity index (χ0) is 8.97. The average Bonchev–Trinajstić information content (AvgIpc) is 2.03. The molecule has 0 saturated heterocycles. The molecule has 1 rings (SSSR count). The van der Waals surface area contributed by atoms with Gasteiger partial charge in [0.15, 0.2) is 0 Å². The van der Waals surface area contributed by atoms with Crippen molar-refractivity contribution in [2.24, 2.45) is 0 Å². The van der Waals surface area contributed by atoms with E-state index in [1.54, 1.807) is 6.08 Å². The molecule has 64 valence electrons. The van der Waals surface area contributed by atoms with Crippen LogP contribution in [0.5, 0.6) is 0 Å². The molecule has 1 aromatic rings. The second-order valence-electron chi connectivity index (χ2n) is 2.58. The van der Waals surface area contributed by atoms with Gasteiger partial charge in [-0.05, 0) is 18.6 Å². The molecular formula is C10H10O2Zn. The Morgan fingerprint density at radius 2 is 1.85 bits per heavy atom. The maximum Gasteiger partial charge on any atom is 0.328 e. The number of carboxylic acids is 1. The van der Waals surface area contributed by atoms with Crippen molar-refractivity contribution in [1.82, 2.24) is 0 Å². The van der Waals surface area contributed by atoms with Crippen molar-refractivity contribution in [3.63, 3.8) is 0 Å². The minimum absolute atomic E-state index is 0. The van der Waals surface area contributed by atoms with Crippen molar-refractivity contribution >= 4 is 12.0 Å². The summed E-state index contributed by atoms with van der Waals surface area (Å²) >= 11 is 0. The van der Waals surface area contributed by atoms with Gasteiger partial charge in [0.1, 0.15) is 0 Å². The Bertz CT molecular complexity index is 301. The van der Waals surface area contributed by atoms with E-state index in [-0.39, 0.29) is 19.5 Å². The Morgan fingerprint density at radius 1 is 1.31 bits per heavy atom. The van der Waals surface area contributed by atoms with E-state index < -0.39 is 5.97 Å². The second-order valence-corrected chi connectivity index (χ2v) is 2.58. The fourth-order valence-electron chi connectivity index (χ4n) is 0.845. The third-order valence-electron chi connectivity index (χ3n) is 1.50. The van der Waals surface area contributed by atoms with E-state index in [4.69, 9.17) is 5.11 Å². The van der Waals surface area contributed by atoms with Crippen LogP contribution in [0.25, 0.3) is 6.08 Å². The van der Waals surface area contributed by atoms with Crippen LogP contribution in [0.4, 0.5) is 0 Å². The van der Waals surface area contributed by atoms with Gasteiger partial charge >= 0.3 is 5.97 Å².